The number of hydrogen-bond acceptors (Lipinski definition) is 7. The molecule has 0 aliphatic carbocycles. The van der Waals surface area contributed by atoms with Crippen molar-refractivity contribution in [2.75, 3.05) is 14.2 Å². The number of methoxy groups -OCH3 is 2. The lowest BCUT2D eigenvalue weighted by Gasteiger charge is -2.09. The molecule has 0 saturated carbocycles. The molecule has 3 rings (SSSR count). The van der Waals surface area contributed by atoms with Crippen molar-refractivity contribution in [3.8, 4) is 22.9 Å². The molecule has 1 N–H and O–H groups in total. The zero-order chi connectivity index (χ0) is 20.6. The molecule has 29 heavy (non-hydrogen) atoms. The average Bonchev–Trinajstić information content (AvgIpc) is 3.21. The van der Waals surface area contributed by atoms with Crippen LogP contribution in [0.1, 0.15) is 12.5 Å². The van der Waals surface area contributed by atoms with Crippen molar-refractivity contribution < 1.29 is 14.3 Å². The van der Waals surface area contributed by atoms with Gasteiger partial charge in [0.15, 0.2) is 11.5 Å². The zero-order valence-corrected chi connectivity index (χ0v) is 16.5. The molecular formula is C20H22N6O3. The Balaban J connectivity index is 1.56. The largest absolute Gasteiger partial charge is 0.493 e. The van der Waals surface area contributed by atoms with Crippen molar-refractivity contribution >= 4 is 11.6 Å². The Morgan fingerprint density at radius 1 is 1.10 bits per heavy atom. The van der Waals surface area contributed by atoms with Crippen molar-refractivity contribution in [3.63, 3.8) is 0 Å². The average molecular weight is 394 g/mol. The standard InChI is InChI=1S/C20H22N6O3/c1-14(11-15-9-10-17(28-2)18(12-15)29-3)21-22-19(27)13-26-24-20(23-25-26)16-7-5-4-6-8-16/h4-10,12H,11,13H2,1-3H3,(H,22,27)/b21-14-. The van der Waals surface area contributed by atoms with Gasteiger partial charge in [-0.2, -0.15) is 9.90 Å². The van der Waals surface area contributed by atoms with Gasteiger partial charge in [0, 0.05) is 17.7 Å². The molecule has 1 heterocycles. The summed E-state index contributed by atoms with van der Waals surface area (Å²) in [6.45, 7) is 1.76. The van der Waals surface area contributed by atoms with E-state index in [1.807, 2.05) is 55.5 Å². The van der Waals surface area contributed by atoms with Crippen molar-refractivity contribution in [1.29, 1.82) is 0 Å². The topological polar surface area (TPSA) is 104 Å². The number of rotatable bonds is 8. The van der Waals surface area contributed by atoms with Crippen LogP contribution in [-0.4, -0.2) is 46.0 Å². The fraction of sp³-hybridized carbons (Fsp3) is 0.250. The minimum Gasteiger partial charge on any atom is -0.493 e. The SMILES string of the molecule is COc1ccc(C/C(C)=N\NC(=O)Cn2nnc(-c3ccccc3)n2)cc1OC. The van der Waals surface area contributed by atoms with E-state index < -0.39 is 0 Å². The Morgan fingerprint density at radius 2 is 1.86 bits per heavy atom. The monoisotopic (exact) mass is 394 g/mol. The van der Waals surface area contributed by atoms with Gasteiger partial charge < -0.3 is 9.47 Å². The fourth-order valence-corrected chi connectivity index (χ4v) is 2.66. The predicted molar refractivity (Wildman–Crippen MR) is 108 cm³/mol. The normalized spacial score (nSPS) is 11.2. The first-order valence-corrected chi connectivity index (χ1v) is 8.95. The van der Waals surface area contributed by atoms with Crippen molar-refractivity contribution in [1.82, 2.24) is 25.6 Å². The van der Waals surface area contributed by atoms with Crippen LogP contribution in [0.25, 0.3) is 11.4 Å². The van der Waals surface area contributed by atoms with E-state index in [1.54, 1.807) is 14.2 Å². The number of benzene rings is 2. The summed E-state index contributed by atoms with van der Waals surface area (Å²) in [6, 6.07) is 15.1. The maximum Gasteiger partial charge on any atom is 0.263 e. The van der Waals surface area contributed by atoms with Gasteiger partial charge in [0.05, 0.1) is 14.2 Å². The molecule has 3 aromatic rings. The zero-order valence-electron chi connectivity index (χ0n) is 16.5. The van der Waals surface area contributed by atoms with Crippen LogP contribution in [0.2, 0.25) is 0 Å². The first kappa shape index (κ1) is 20.0. The molecule has 0 aliphatic heterocycles. The molecule has 0 fully saturated rings. The van der Waals surface area contributed by atoms with E-state index in [2.05, 4.69) is 25.9 Å². The third kappa shape index (κ3) is 5.38. The molecule has 1 aromatic heterocycles. The van der Waals surface area contributed by atoms with E-state index in [0.29, 0.717) is 23.7 Å². The van der Waals surface area contributed by atoms with Crippen LogP contribution in [0.3, 0.4) is 0 Å². The number of nitrogens with zero attached hydrogens (tertiary/aromatic N) is 5. The molecule has 0 atom stereocenters. The molecule has 0 unspecified atom stereocenters. The van der Waals surface area contributed by atoms with E-state index >= 15 is 0 Å². The number of carbonyl (C=O) groups is 1. The van der Waals surface area contributed by atoms with Gasteiger partial charge in [-0.1, -0.05) is 36.4 Å². The Labute approximate surface area is 168 Å². The number of nitrogens with one attached hydrogen (secondary N) is 1. The van der Waals surface area contributed by atoms with Gasteiger partial charge in [0.2, 0.25) is 5.82 Å². The molecule has 0 saturated heterocycles. The Morgan fingerprint density at radius 3 is 2.59 bits per heavy atom. The molecule has 150 valence electrons. The highest BCUT2D eigenvalue weighted by Crippen LogP contribution is 2.27. The number of hydrogen-bond donors (Lipinski definition) is 1. The molecule has 0 radical (unpaired) electrons. The minimum absolute atomic E-state index is 0.0764. The first-order chi connectivity index (χ1) is 14.1. The summed E-state index contributed by atoms with van der Waals surface area (Å²) in [5, 5.41) is 16.2. The highest BCUT2D eigenvalue weighted by atomic mass is 16.5. The maximum absolute atomic E-state index is 12.1. The van der Waals surface area contributed by atoms with Gasteiger partial charge in [-0.05, 0) is 29.8 Å². The van der Waals surface area contributed by atoms with Gasteiger partial charge in [0.25, 0.3) is 5.91 Å². The third-order valence-electron chi connectivity index (χ3n) is 4.05. The predicted octanol–water partition coefficient (Wildman–Crippen LogP) is 2.09. The second-order valence-corrected chi connectivity index (χ2v) is 6.26. The van der Waals surface area contributed by atoms with E-state index in [1.165, 1.54) is 4.80 Å². The highest BCUT2D eigenvalue weighted by Gasteiger charge is 2.09. The number of carbonyl (C=O) groups excluding carboxylic acids is 1. The van der Waals surface area contributed by atoms with Gasteiger partial charge in [-0.3, -0.25) is 4.79 Å². The summed E-state index contributed by atoms with van der Waals surface area (Å²) < 4.78 is 10.5. The summed E-state index contributed by atoms with van der Waals surface area (Å²) in [5.41, 5.74) is 5.08. The summed E-state index contributed by atoms with van der Waals surface area (Å²) in [4.78, 5) is 13.3. The Hall–Kier alpha value is -3.75. The van der Waals surface area contributed by atoms with Crippen molar-refractivity contribution in [2.45, 2.75) is 19.9 Å². The van der Waals surface area contributed by atoms with Crippen LogP contribution >= 0.6 is 0 Å². The summed E-state index contributed by atoms with van der Waals surface area (Å²) in [6.07, 6.45) is 0.556. The number of ether oxygens (including phenoxy) is 2. The third-order valence-corrected chi connectivity index (χ3v) is 4.05. The lowest BCUT2D eigenvalue weighted by molar-refractivity contribution is -0.122. The quantitative estimate of drug-likeness (QED) is 0.463. The van der Waals surface area contributed by atoms with Gasteiger partial charge in [0.1, 0.15) is 6.54 Å². The highest BCUT2D eigenvalue weighted by molar-refractivity contribution is 5.86. The molecule has 0 bridgehead atoms. The van der Waals surface area contributed by atoms with Gasteiger partial charge in [-0.15, -0.1) is 10.2 Å². The van der Waals surface area contributed by atoms with Crippen LogP contribution in [0.5, 0.6) is 11.5 Å². The second-order valence-electron chi connectivity index (χ2n) is 6.26. The summed E-state index contributed by atoms with van der Waals surface area (Å²) in [5.74, 6) is 1.43. The van der Waals surface area contributed by atoms with E-state index in [9.17, 15) is 4.79 Å². The number of amides is 1. The molecule has 0 spiro atoms. The molecule has 2 aromatic carbocycles. The van der Waals surface area contributed by atoms with Gasteiger partial charge >= 0.3 is 0 Å². The Bertz CT molecular complexity index is 1000. The fourth-order valence-electron chi connectivity index (χ4n) is 2.66. The minimum atomic E-state index is -0.339. The van der Waals surface area contributed by atoms with E-state index in [0.717, 1.165) is 16.8 Å². The number of hydrazone groups is 1. The lowest BCUT2D eigenvalue weighted by Crippen LogP contribution is -2.25. The van der Waals surface area contributed by atoms with Gasteiger partial charge in [-0.25, -0.2) is 5.43 Å². The van der Waals surface area contributed by atoms with E-state index in [4.69, 9.17) is 9.47 Å². The summed E-state index contributed by atoms with van der Waals surface area (Å²) in [7, 11) is 3.18. The van der Waals surface area contributed by atoms with Crippen LogP contribution < -0.4 is 14.9 Å². The maximum atomic E-state index is 12.1. The van der Waals surface area contributed by atoms with Crippen LogP contribution in [0.4, 0.5) is 0 Å². The molecular weight excluding hydrogens is 372 g/mol. The van der Waals surface area contributed by atoms with Crippen molar-refractivity contribution in [2.24, 2.45) is 5.10 Å². The molecule has 9 heteroatoms. The first-order valence-electron chi connectivity index (χ1n) is 8.95. The second kappa shape index (κ2) is 9.45. The number of tetrazole rings is 1. The van der Waals surface area contributed by atoms with Crippen molar-refractivity contribution in [3.05, 3.63) is 54.1 Å². The van der Waals surface area contributed by atoms with Crippen LogP contribution in [0, 0.1) is 0 Å². The Kier molecular flexibility index (Phi) is 6.51. The number of aromatic nitrogens is 4. The lowest BCUT2D eigenvalue weighted by atomic mass is 10.1. The smallest absolute Gasteiger partial charge is 0.263 e. The summed E-state index contributed by atoms with van der Waals surface area (Å²) >= 11 is 0. The van der Waals surface area contributed by atoms with Crippen LogP contribution in [-0.2, 0) is 17.8 Å². The van der Waals surface area contributed by atoms with E-state index in [-0.39, 0.29) is 12.5 Å². The molecule has 9 nitrogen and oxygen atoms in total. The molecule has 1 amide bonds. The van der Waals surface area contributed by atoms with Crippen LogP contribution in [0.15, 0.2) is 53.6 Å². The molecule has 0 aliphatic rings.